The Morgan fingerprint density at radius 2 is 1.95 bits per heavy atom. The fourth-order valence-electron chi connectivity index (χ4n) is 2.33. The summed E-state index contributed by atoms with van der Waals surface area (Å²) in [5.74, 6) is -2.54. The first-order chi connectivity index (χ1) is 9.32. The van der Waals surface area contributed by atoms with Crippen LogP contribution in [-0.2, 0) is 23.9 Å². The molecule has 0 aromatic rings. The van der Waals surface area contributed by atoms with Gasteiger partial charge < -0.3 is 9.47 Å². The lowest BCUT2D eigenvalue weighted by Crippen LogP contribution is -2.61. The summed E-state index contributed by atoms with van der Waals surface area (Å²) >= 11 is 0. The summed E-state index contributed by atoms with van der Waals surface area (Å²) in [5, 5.41) is 0. The van der Waals surface area contributed by atoms with Crippen molar-refractivity contribution in [1.29, 1.82) is 0 Å². The van der Waals surface area contributed by atoms with Gasteiger partial charge >= 0.3 is 12.1 Å². The lowest BCUT2D eigenvalue weighted by molar-refractivity contribution is -0.163. The minimum Gasteiger partial charge on any atom is -0.464 e. The van der Waals surface area contributed by atoms with E-state index < -0.39 is 35.2 Å². The van der Waals surface area contributed by atoms with Crippen LogP contribution in [0.3, 0.4) is 0 Å². The number of imide groups is 1. The molecule has 0 aliphatic carbocycles. The van der Waals surface area contributed by atoms with Gasteiger partial charge in [-0.2, -0.15) is 0 Å². The number of ether oxygens (including phenoxy) is 2. The van der Waals surface area contributed by atoms with Crippen LogP contribution in [0.25, 0.3) is 0 Å². The van der Waals surface area contributed by atoms with E-state index in [2.05, 4.69) is 4.74 Å². The molecule has 0 spiro atoms. The number of nitrogens with zero attached hydrogens (tertiary/aromatic N) is 1. The Morgan fingerprint density at radius 3 is 2.40 bits per heavy atom. The highest BCUT2D eigenvalue weighted by atomic mass is 16.6. The van der Waals surface area contributed by atoms with Gasteiger partial charge in [0.15, 0.2) is 5.78 Å². The molecule has 1 heterocycles. The first-order valence-corrected chi connectivity index (χ1v) is 6.45. The van der Waals surface area contributed by atoms with Crippen molar-refractivity contribution >= 4 is 23.8 Å². The predicted molar refractivity (Wildman–Crippen MR) is 67.7 cm³/mol. The van der Waals surface area contributed by atoms with E-state index in [1.165, 1.54) is 0 Å². The van der Waals surface area contributed by atoms with Gasteiger partial charge in [-0.15, -0.1) is 0 Å². The van der Waals surface area contributed by atoms with Crippen LogP contribution in [0.15, 0.2) is 0 Å². The molecule has 7 nitrogen and oxygen atoms in total. The zero-order chi connectivity index (χ0) is 15.5. The second-order valence-corrected chi connectivity index (χ2v) is 4.80. The van der Waals surface area contributed by atoms with Crippen LogP contribution in [0.5, 0.6) is 0 Å². The van der Waals surface area contributed by atoms with Crippen LogP contribution in [0.1, 0.15) is 33.6 Å². The zero-order valence-corrected chi connectivity index (χ0v) is 12.1. The number of carbonyl (C=O) groups is 4. The number of carbonyl (C=O) groups excluding carboxylic acids is 4. The Balaban J connectivity index is 3.36. The lowest BCUT2D eigenvalue weighted by Gasteiger charge is -2.33. The van der Waals surface area contributed by atoms with Gasteiger partial charge in [0.2, 0.25) is 11.4 Å². The largest absolute Gasteiger partial charge is 0.464 e. The number of ketones is 1. The van der Waals surface area contributed by atoms with Gasteiger partial charge in [-0.25, -0.2) is 14.5 Å². The Labute approximate surface area is 117 Å². The SMILES string of the molecule is CCOC(=O)[C@@]1(C(=O)C(C)C)CCC(=O)N1C(=O)OC. The minimum atomic E-state index is -1.89. The molecule has 112 valence electrons. The van der Waals surface area contributed by atoms with Gasteiger partial charge in [0.25, 0.3) is 0 Å². The number of hydrogen-bond acceptors (Lipinski definition) is 6. The molecule has 1 saturated heterocycles. The second kappa shape index (κ2) is 6.02. The van der Waals surface area contributed by atoms with Gasteiger partial charge in [-0.1, -0.05) is 13.8 Å². The van der Waals surface area contributed by atoms with E-state index >= 15 is 0 Å². The van der Waals surface area contributed by atoms with Crippen molar-refractivity contribution in [3.63, 3.8) is 0 Å². The quantitative estimate of drug-likeness (QED) is 0.563. The normalized spacial score (nSPS) is 22.1. The third-order valence-electron chi connectivity index (χ3n) is 3.23. The van der Waals surface area contributed by atoms with Crippen molar-refractivity contribution in [3.8, 4) is 0 Å². The highest BCUT2D eigenvalue weighted by Gasteiger charge is 2.61. The molecule has 1 aliphatic rings. The molecule has 1 fully saturated rings. The first kappa shape index (κ1) is 16.1. The van der Waals surface area contributed by atoms with Crippen LogP contribution in [0.2, 0.25) is 0 Å². The van der Waals surface area contributed by atoms with Gasteiger partial charge in [0.05, 0.1) is 13.7 Å². The van der Waals surface area contributed by atoms with Crippen LogP contribution >= 0.6 is 0 Å². The Morgan fingerprint density at radius 1 is 1.35 bits per heavy atom. The van der Waals surface area contributed by atoms with Crippen molar-refractivity contribution in [2.45, 2.75) is 39.2 Å². The summed E-state index contributed by atoms with van der Waals surface area (Å²) in [4.78, 5) is 49.0. The first-order valence-electron chi connectivity index (χ1n) is 6.45. The van der Waals surface area contributed by atoms with Crippen LogP contribution < -0.4 is 0 Å². The Kier molecular flexibility index (Phi) is 4.86. The molecule has 1 rings (SSSR count). The molecule has 1 atom stereocenters. The molecule has 20 heavy (non-hydrogen) atoms. The summed E-state index contributed by atoms with van der Waals surface area (Å²) in [6.07, 6.45) is -1.17. The van der Waals surface area contributed by atoms with Crippen LogP contribution in [0, 0.1) is 5.92 Å². The number of methoxy groups -OCH3 is 1. The van der Waals surface area contributed by atoms with E-state index in [-0.39, 0.29) is 19.4 Å². The molecule has 0 N–H and O–H groups in total. The number of Topliss-reactive ketones (excluding diaryl/α,β-unsaturated/α-hetero) is 1. The molecule has 2 amide bonds. The van der Waals surface area contributed by atoms with Gasteiger partial charge in [-0.3, -0.25) is 9.59 Å². The molecule has 0 saturated carbocycles. The molecule has 0 radical (unpaired) electrons. The van der Waals surface area contributed by atoms with E-state index in [0.29, 0.717) is 4.90 Å². The molecule has 1 aliphatic heterocycles. The van der Waals surface area contributed by atoms with Crippen molar-refractivity contribution in [1.82, 2.24) is 4.90 Å². The summed E-state index contributed by atoms with van der Waals surface area (Å²) in [7, 11) is 1.09. The van der Waals surface area contributed by atoms with E-state index in [9.17, 15) is 19.2 Å². The Bertz CT molecular complexity index is 444. The minimum absolute atomic E-state index is 0.0508. The monoisotopic (exact) mass is 285 g/mol. The van der Waals surface area contributed by atoms with Gasteiger partial charge in [0, 0.05) is 12.3 Å². The fourth-order valence-corrected chi connectivity index (χ4v) is 2.33. The predicted octanol–water partition coefficient (Wildman–Crippen LogP) is 0.902. The maximum absolute atomic E-state index is 12.5. The Hall–Kier alpha value is -1.92. The lowest BCUT2D eigenvalue weighted by atomic mass is 9.85. The third-order valence-corrected chi connectivity index (χ3v) is 3.23. The van der Waals surface area contributed by atoms with E-state index in [1.807, 2.05) is 0 Å². The average molecular weight is 285 g/mol. The van der Waals surface area contributed by atoms with Crippen LogP contribution in [-0.4, -0.2) is 47.9 Å². The van der Waals surface area contributed by atoms with E-state index in [0.717, 1.165) is 7.11 Å². The molecule has 7 heteroatoms. The van der Waals surface area contributed by atoms with Crippen molar-refractivity contribution in [2.24, 2.45) is 5.92 Å². The zero-order valence-electron chi connectivity index (χ0n) is 12.1. The summed E-state index contributed by atoms with van der Waals surface area (Å²) in [6, 6.07) is 0. The number of hydrogen-bond donors (Lipinski definition) is 0. The third kappa shape index (κ3) is 2.39. The molecule has 0 aromatic heterocycles. The number of likely N-dealkylation sites (tertiary alicyclic amines) is 1. The smallest absolute Gasteiger partial charge is 0.417 e. The molecule has 0 bridgehead atoms. The highest BCUT2D eigenvalue weighted by molar-refractivity contribution is 6.17. The average Bonchev–Trinajstić information content (AvgIpc) is 2.75. The molecule has 0 aromatic carbocycles. The number of esters is 1. The number of amides is 2. The van der Waals surface area contributed by atoms with Crippen molar-refractivity contribution in [3.05, 3.63) is 0 Å². The fraction of sp³-hybridized carbons (Fsp3) is 0.692. The van der Waals surface area contributed by atoms with Crippen LogP contribution in [0.4, 0.5) is 4.79 Å². The maximum Gasteiger partial charge on any atom is 0.417 e. The standard InChI is InChI=1S/C13H19NO6/c1-5-20-11(17)13(10(16)8(2)3)7-6-9(15)14(13)12(18)19-4/h8H,5-7H2,1-4H3/t13-/m0/s1. The van der Waals surface area contributed by atoms with Gasteiger partial charge in [0.1, 0.15) is 0 Å². The van der Waals surface area contributed by atoms with Gasteiger partial charge in [-0.05, 0) is 13.3 Å². The van der Waals surface area contributed by atoms with E-state index in [4.69, 9.17) is 4.74 Å². The summed E-state index contributed by atoms with van der Waals surface area (Å²) in [5.41, 5.74) is -1.89. The topological polar surface area (TPSA) is 90.0 Å². The highest BCUT2D eigenvalue weighted by Crippen LogP contribution is 2.35. The second-order valence-electron chi connectivity index (χ2n) is 4.80. The van der Waals surface area contributed by atoms with Crippen molar-refractivity contribution < 1.29 is 28.7 Å². The summed E-state index contributed by atoms with van der Waals surface area (Å²) < 4.78 is 9.44. The van der Waals surface area contributed by atoms with E-state index in [1.54, 1.807) is 20.8 Å². The maximum atomic E-state index is 12.5. The van der Waals surface area contributed by atoms with Crippen molar-refractivity contribution in [2.75, 3.05) is 13.7 Å². The number of rotatable bonds is 4. The summed E-state index contributed by atoms with van der Waals surface area (Å²) in [6.45, 7) is 4.84. The molecular formula is C13H19NO6. The molecule has 0 unspecified atom stereocenters. The molecular weight excluding hydrogens is 266 g/mol.